The topological polar surface area (TPSA) is 96.4 Å². The lowest BCUT2D eigenvalue weighted by atomic mass is 10.2. The van der Waals surface area contributed by atoms with Crippen LogP contribution in [0.3, 0.4) is 0 Å². The number of β-amino-alcohol motifs (C(OH)–C–C–N with tert-alkyl or cyclic N) is 1. The van der Waals surface area contributed by atoms with E-state index in [4.69, 9.17) is 17.0 Å². The maximum absolute atomic E-state index is 12.8. The van der Waals surface area contributed by atoms with Crippen molar-refractivity contribution >= 4 is 34.9 Å². The first kappa shape index (κ1) is 20.8. The number of ether oxygens (including phenoxy) is 1. The molecule has 0 unspecified atom stereocenters. The van der Waals surface area contributed by atoms with Gasteiger partial charge >= 0.3 is 0 Å². The smallest absolute Gasteiger partial charge is 0.276 e. The second kappa shape index (κ2) is 9.06. The number of benzene rings is 1. The monoisotopic (exact) mass is 416 g/mol. The van der Waals surface area contributed by atoms with E-state index >= 15 is 0 Å². The van der Waals surface area contributed by atoms with Gasteiger partial charge in [-0.2, -0.15) is 0 Å². The Morgan fingerprint density at radius 2 is 1.93 bits per heavy atom. The molecule has 8 nitrogen and oxygen atoms in total. The third kappa shape index (κ3) is 4.25. The Labute approximate surface area is 174 Å². The van der Waals surface area contributed by atoms with Crippen molar-refractivity contribution in [3.8, 4) is 5.75 Å². The van der Waals surface area contributed by atoms with Gasteiger partial charge in [0.05, 0.1) is 18.8 Å². The Hall–Kier alpha value is -2.91. The fraction of sp³-hybridized carbons (Fsp3) is 0.350. The summed E-state index contributed by atoms with van der Waals surface area (Å²) in [5.74, 6) is -0.421. The number of aliphatic carboxylic acids is 1. The van der Waals surface area contributed by atoms with E-state index in [1.165, 1.54) is 4.90 Å². The summed E-state index contributed by atoms with van der Waals surface area (Å²) < 4.78 is 5.86. The number of allylic oxidation sites excluding steroid dienone is 2. The molecule has 2 aliphatic rings. The van der Waals surface area contributed by atoms with E-state index in [-0.39, 0.29) is 32.0 Å². The van der Waals surface area contributed by atoms with E-state index in [9.17, 15) is 19.8 Å². The molecular formula is C20H22N3O5S-. The molecule has 2 aliphatic heterocycles. The summed E-state index contributed by atoms with van der Waals surface area (Å²) in [5.41, 5.74) is 1.14. The number of hydrogen-bond donors (Lipinski definition) is 1. The Morgan fingerprint density at radius 3 is 2.62 bits per heavy atom. The highest BCUT2D eigenvalue weighted by molar-refractivity contribution is 7.80. The summed E-state index contributed by atoms with van der Waals surface area (Å²) in [4.78, 5) is 28.5. The summed E-state index contributed by atoms with van der Waals surface area (Å²) in [6.07, 6.45) is 3.87. The Bertz CT molecular complexity index is 883. The molecule has 9 heteroatoms. The second-order valence-electron chi connectivity index (χ2n) is 6.51. The zero-order valence-electron chi connectivity index (χ0n) is 16.0. The predicted molar refractivity (Wildman–Crippen MR) is 109 cm³/mol. The highest BCUT2D eigenvalue weighted by Crippen LogP contribution is 2.38. The van der Waals surface area contributed by atoms with Crippen LogP contribution in [0.15, 0.2) is 48.0 Å². The lowest BCUT2D eigenvalue weighted by molar-refractivity contribution is -0.305. The molecule has 1 aromatic carbocycles. The van der Waals surface area contributed by atoms with Gasteiger partial charge in [-0.1, -0.05) is 19.1 Å². The van der Waals surface area contributed by atoms with Crippen LogP contribution >= 0.6 is 12.2 Å². The number of amides is 1. The number of fused-ring (bicyclic) bond motifs is 1. The van der Waals surface area contributed by atoms with Crippen molar-refractivity contribution in [2.45, 2.75) is 19.8 Å². The van der Waals surface area contributed by atoms with Gasteiger partial charge in [0.15, 0.2) is 10.9 Å². The Morgan fingerprint density at radius 1 is 1.17 bits per heavy atom. The van der Waals surface area contributed by atoms with Crippen LogP contribution in [0, 0.1) is 0 Å². The molecule has 0 atom stereocenters. The fourth-order valence-corrected chi connectivity index (χ4v) is 3.61. The summed E-state index contributed by atoms with van der Waals surface area (Å²) in [6.45, 7) is 2.67. The number of nitrogens with zero attached hydrogens (tertiary/aromatic N) is 3. The van der Waals surface area contributed by atoms with Gasteiger partial charge in [0.1, 0.15) is 5.70 Å². The van der Waals surface area contributed by atoms with Crippen LogP contribution in [0.25, 0.3) is 0 Å². The first-order valence-corrected chi connectivity index (χ1v) is 9.79. The van der Waals surface area contributed by atoms with Crippen LogP contribution in [0.1, 0.15) is 19.8 Å². The van der Waals surface area contributed by atoms with Crippen LogP contribution in [-0.2, 0) is 9.59 Å². The second-order valence-corrected chi connectivity index (χ2v) is 6.88. The molecule has 1 amide bonds. The number of thiocarbonyl (C=S) groups is 1. The van der Waals surface area contributed by atoms with Gasteiger partial charge in [0.2, 0.25) is 5.88 Å². The highest BCUT2D eigenvalue weighted by atomic mass is 32.1. The number of carboxylic acids is 1. The standard InChI is InChI=1S/C20H23N3O5S/c1-2-10-22-15(19(27)23(12-13-24)20(22)29)7-8-17-21(11-9-18(25)26)14-5-3-4-6-16(14)28-17/h3-8,24H,2,9-13H2,1H3,(H,25,26)/p-1/b15-7+,17-8-. The molecular weight excluding hydrogens is 394 g/mol. The van der Waals surface area contributed by atoms with Gasteiger partial charge in [0, 0.05) is 31.6 Å². The molecule has 2 heterocycles. The number of hydrogen-bond acceptors (Lipinski definition) is 7. The quantitative estimate of drug-likeness (QED) is 0.486. The summed E-state index contributed by atoms with van der Waals surface area (Å²) in [5, 5.41) is 20.5. The van der Waals surface area contributed by atoms with Gasteiger partial charge < -0.3 is 29.5 Å². The molecule has 0 saturated carbocycles. The van der Waals surface area contributed by atoms with Gasteiger partial charge in [0.25, 0.3) is 5.91 Å². The van der Waals surface area contributed by atoms with Crippen molar-refractivity contribution in [3.05, 3.63) is 48.0 Å². The Kier molecular flexibility index (Phi) is 6.50. The molecule has 0 radical (unpaired) electrons. The number of anilines is 1. The normalized spacial score (nSPS) is 18.8. The molecule has 0 spiro atoms. The summed E-state index contributed by atoms with van der Waals surface area (Å²) >= 11 is 5.39. The third-order valence-corrected chi connectivity index (χ3v) is 4.99. The van der Waals surface area contributed by atoms with Gasteiger partial charge in [-0.15, -0.1) is 0 Å². The largest absolute Gasteiger partial charge is 0.550 e. The van der Waals surface area contributed by atoms with E-state index in [0.29, 0.717) is 29.0 Å². The molecule has 1 saturated heterocycles. The van der Waals surface area contributed by atoms with Gasteiger partial charge in [-0.25, -0.2) is 0 Å². The molecule has 29 heavy (non-hydrogen) atoms. The van der Waals surface area contributed by atoms with E-state index < -0.39 is 5.97 Å². The number of para-hydroxylation sites is 2. The van der Waals surface area contributed by atoms with Crippen LogP contribution in [0.5, 0.6) is 5.75 Å². The number of carbonyl (C=O) groups excluding carboxylic acids is 2. The molecule has 0 aromatic heterocycles. The SMILES string of the molecule is CCCN1C(=S)N(CCO)C(=O)/C1=C\C=C1/Oc2ccccc2N1CCC(=O)[O-]. The number of rotatable bonds is 8. The Balaban J connectivity index is 1.92. The lowest BCUT2D eigenvalue weighted by Crippen LogP contribution is -2.35. The minimum Gasteiger partial charge on any atom is -0.550 e. The third-order valence-electron chi connectivity index (χ3n) is 4.55. The molecule has 154 valence electrons. The molecule has 0 bridgehead atoms. The van der Waals surface area contributed by atoms with Crippen molar-refractivity contribution in [1.82, 2.24) is 9.80 Å². The van der Waals surface area contributed by atoms with Crippen molar-refractivity contribution in [2.75, 3.05) is 31.1 Å². The zero-order chi connectivity index (χ0) is 21.0. The van der Waals surface area contributed by atoms with Crippen molar-refractivity contribution in [1.29, 1.82) is 0 Å². The van der Waals surface area contributed by atoms with Crippen LogP contribution in [-0.4, -0.2) is 58.1 Å². The van der Waals surface area contributed by atoms with Gasteiger partial charge in [-0.05, 0) is 36.8 Å². The highest BCUT2D eigenvalue weighted by Gasteiger charge is 2.37. The van der Waals surface area contributed by atoms with E-state index in [2.05, 4.69) is 0 Å². The average molecular weight is 416 g/mol. The van der Waals surface area contributed by atoms with Crippen molar-refractivity contribution in [3.63, 3.8) is 0 Å². The lowest BCUT2D eigenvalue weighted by Gasteiger charge is -2.19. The first-order valence-electron chi connectivity index (χ1n) is 9.38. The van der Waals surface area contributed by atoms with Crippen LogP contribution in [0.4, 0.5) is 5.69 Å². The predicted octanol–water partition coefficient (Wildman–Crippen LogP) is 0.582. The van der Waals surface area contributed by atoms with Gasteiger partial charge in [-0.3, -0.25) is 9.69 Å². The summed E-state index contributed by atoms with van der Waals surface area (Å²) in [7, 11) is 0. The molecule has 1 aromatic rings. The van der Waals surface area contributed by atoms with Crippen molar-refractivity contribution in [2.24, 2.45) is 0 Å². The van der Waals surface area contributed by atoms with Crippen LogP contribution in [0.2, 0.25) is 0 Å². The minimum absolute atomic E-state index is 0.130. The number of carboxylic acid groups (broad SMARTS) is 1. The summed E-state index contributed by atoms with van der Waals surface area (Å²) in [6, 6.07) is 7.29. The molecule has 0 aliphatic carbocycles. The van der Waals surface area contributed by atoms with E-state index in [0.717, 1.165) is 12.1 Å². The fourth-order valence-electron chi connectivity index (χ4n) is 3.25. The number of aliphatic hydroxyl groups is 1. The molecule has 3 rings (SSSR count). The average Bonchev–Trinajstić information content (AvgIpc) is 3.16. The number of aliphatic hydroxyl groups excluding tert-OH is 1. The maximum atomic E-state index is 12.8. The van der Waals surface area contributed by atoms with Crippen LogP contribution < -0.4 is 14.7 Å². The molecule has 1 fully saturated rings. The van der Waals surface area contributed by atoms with E-state index in [1.54, 1.807) is 28.0 Å². The maximum Gasteiger partial charge on any atom is 0.276 e. The van der Waals surface area contributed by atoms with Crippen molar-refractivity contribution < 1.29 is 24.5 Å². The zero-order valence-corrected chi connectivity index (χ0v) is 16.9. The number of carbonyl (C=O) groups is 2. The molecule has 1 N–H and O–H groups in total. The first-order chi connectivity index (χ1) is 14.0. The van der Waals surface area contributed by atoms with E-state index in [1.807, 2.05) is 25.1 Å². The minimum atomic E-state index is -1.16.